The molecule has 0 saturated heterocycles. The zero-order valence-electron chi connectivity index (χ0n) is 22.8. The van der Waals surface area contributed by atoms with Crippen LogP contribution in [0.2, 0.25) is 0 Å². The summed E-state index contributed by atoms with van der Waals surface area (Å²) < 4.78 is 6.61. The van der Waals surface area contributed by atoms with Gasteiger partial charge in [0.2, 0.25) is 0 Å². The van der Waals surface area contributed by atoms with E-state index in [1.54, 1.807) is 10.9 Å². The molecule has 6 rings (SSSR count). The number of hydrogen-bond acceptors (Lipinski definition) is 4. The fourth-order valence-electron chi connectivity index (χ4n) is 5.69. The van der Waals surface area contributed by atoms with E-state index in [1.165, 1.54) is 0 Å². The van der Waals surface area contributed by atoms with Crippen LogP contribution in [0.1, 0.15) is 53.5 Å². The second kappa shape index (κ2) is 9.48. The van der Waals surface area contributed by atoms with Gasteiger partial charge < -0.3 is 9.47 Å². The first-order valence-corrected chi connectivity index (χ1v) is 14.0. The lowest BCUT2D eigenvalue weighted by Crippen LogP contribution is -2.46. The zero-order valence-corrected chi connectivity index (χ0v) is 24.4. The number of imidazole rings is 1. The number of nitrogens with zero attached hydrogens (tertiary/aromatic N) is 6. The molecule has 0 aliphatic carbocycles. The number of fused-ring (bicyclic) bond motifs is 4. The summed E-state index contributed by atoms with van der Waals surface area (Å²) in [6.45, 7) is 8.62. The van der Waals surface area contributed by atoms with E-state index in [2.05, 4.69) is 34.8 Å². The molecule has 9 heteroatoms. The fourth-order valence-corrected chi connectivity index (χ4v) is 5.93. The van der Waals surface area contributed by atoms with E-state index in [-0.39, 0.29) is 17.5 Å². The molecule has 0 saturated carbocycles. The first-order chi connectivity index (χ1) is 18.6. The van der Waals surface area contributed by atoms with Gasteiger partial charge in [-0.1, -0.05) is 29.8 Å². The third-order valence-corrected chi connectivity index (χ3v) is 8.60. The van der Waals surface area contributed by atoms with Crippen LogP contribution < -0.4 is 5.56 Å². The molecule has 3 aromatic heterocycles. The van der Waals surface area contributed by atoms with Crippen LogP contribution in [0.15, 0.2) is 58.2 Å². The number of aryl methyl sites for hydroxylation is 2. The standard InChI is InChI=1S/C30H31BrN6O2/c1-17(2)10-21-14-33-37-27-15-35(29(38)20-6-8-24(31)18(3)11-20)19(4)12-23(27)30(39)36(28(21)37)22-7-9-26-25(13-22)32-16-34(26)5/h6-9,11,13-14,16-17,19H,10,12,15H2,1-5H3. The minimum Gasteiger partial charge on any atom is -0.334 e. The summed E-state index contributed by atoms with van der Waals surface area (Å²) in [6.07, 6.45) is 4.89. The summed E-state index contributed by atoms with van der Waals surface area (Å²) in [5, 5.41) is 4.79. The number of benzene rings is 2. The first kappa shape index (κ1) is 25.6. The van der Waals surface area contributed by atoms with Crippen LogP contribution in [-0.4, -0.2) is 40.6 Å². The maximum absolute atomic E-state index is 14.3. The Morgan fingerprint density at radius 1 is 1.18 bits per heavy atom. The monoisotopic (exact) mass is 586 g/mol. The van der Waals surface area contributed by atoms with E-state index >= 15 is 0 Å². The summed E-state index contributed by atoms with van der Waals surface area (Å²) in [5.41, 5.74) is 7.42. The highest BCUT2D eigenvalue weighted by molar-refractivity contribution is 9.10. The molecule has 1 atom stereocenters. The minimum absolute atomic E-state index is 0.0451. The number of aromatic nitrogens is 5. The Labute approximate surface area is 235 Å². The maximum atomic E-state index is 14.3. The SMILES string of the molecule is Cc1cc(C(=O)N2Cc3c(c(=O)n(-c4ccc5c(c4)ncn5C)c4c(CC(C)C)cnn34)CC2C)ccc1Br. The average Bonchev–Trinajstić information content (AvgIpc) is 3.48. The highest BCUT2D eigenvalue weighted by atomic mass is 79.9. The average molecular weight is 588 g/mol. The largest absolute Gasteiger partial charge is 0.334 e. The van der Waals surface area contributed by atoms with Crippen LogP contribution in [0.4, 0.5) is 0 Å². The van der Waals surface area contributed by atoms with Gasteiger partial charge in [0.15, 0.2) is 0 Å². The van der Waals surface area contributed by atoms with Crippen molar-refractivity contribution in [2.75, 3.05) is 0 Å². The minimum atomic E-state index is -0.142. The smallest absolute Gasteiger partial charge is 0.261 e. The predicted molar refractivity (Wildman–Crippen MR) is 156 cm³/mol. The van der Waals surface area contributed by atoms with Gasteiger partial charge in [0, 0.05) is 34.3 Å². The van der Waals surface area contributed by atoms with E-state index in [4.69, 9.17) is 5.10 Å². The van der Waals surface area contributed by atoms with Crippen molar-refractivity contribution in [3.63, 3.8) is 0 Å². The Morgan fingerprint density at radius 2 is 1.97 bits per heavy atom. The van der Waals surface area contributed by atoms with Gasteiger partial charge in [-0.25, -0.2) is 9.50 Å². The Morgan fingerprint density at radius 3 is 2.72 bits per heavy atom. The molecule has 8 nitrogen and oxygen atoms in total. The zero-order chi connectivity index (χ0) is 27.6. The normalized spacial score (nSPS) is 15.5. The summed E-state index contributed by atoms with van der Waals surface area (Å²) in [6, 6.07) is 11.5. The van der Waals surface area contributed by atoms with E-state index in [0.29, 0.717) is 30.0 Å². The second-order valence-electron chi connectivity index (χ2n) is 11.0. The Kier molecular flexibility index (Phi) is 6.21. The molecule has 0 fully saturated rings. The van der Waals surface area contributed by atoms with Gasteiger partial charge in [0.05, 0.1) is 41.5 Å². The number of amides is 1. The highest BCUT2D eigenvalue weighted by Gasteiger charge is 2.33. The number of rotatable bonds is 4. The summed E-state index contributed by atoms with van der Waals surface area (Å²) in [4.78, 5) is 34.3. The topological polar surface area (TPSA) is 77.4 Å². The molecule has 0 radical (unpaired) electrons. The lowest BCUT2D eigenvalue weighted by molar-refractivity contribution is 0.0651. The van der Waals surface area contributed by atoms with Crippen LogP contribution in [0.25, 0.3) is 22.4 Å². The fraction of sp³-hybridized carbons (Fsp3) is 0.333. The van der Waals surface area contributed by atoms with Crippen LogP contribution in [0.3, 0.4) is 0 Å². The summed E-state index contributed by atoms with van der Waals surface area (Å²) >= 11 is 3.52. The number of carbonyl (C=O) groups excluding carboxylic acids is 1. The van der Waals surface area contributed by atoms with Gasteiger partial charge in [-0.3, -0.25) is 14.2 Å². The van der Waals surface area contributed by atoms with Crippen molar-refractivity contribution in [2.45, 2.75) is 53.1 Å². The van der Waals surface area contributed by atoms with Gasteiger partial charge in [-0.2, -0.15) is 5.10 Å². The molecule has 4 heterocycles. The van der Waals surface area contributed by atoms with Crippen LogP contribution in [-0.2, 0) is 26.4 Å². The highest BCUT2D eigenvalue weighted by Crippen LogP contribution is 2.28. The van der Waals surface area contributed by atoms with Crippen molar-refractivity contribution in [3.8, 4) is 5.69 Å². The van der Waals surface area contributed by atoms with Gasteiger partial charge in [-0.15, -0.1) is 0 Å². The second-order valence-corrected chi connectivity index (χ2v) is 11.9. The number of hydrogen-bond donors (Lipinski definition) is 0. The van der Waals surface area contributed by atoms with Crippen molar-refractivity contribution in [1.29, 1.82) is 0 Å². The van der Waals surface area contributed by atoms with Crippen molar-refractivity contribution in [1.82, 2.24) is 28.6 Å². The first-order valence-electron chi connectivity index (χ1n) is 13.3. The molecular weight excluding hydrogens is 556 g/mol. The maximum Gasteiger partial charge on any atom is 0.261 e. The summed E-state index contributed by atoms with van der Waals surface area (Å²) in [5.74, 6) is 0.339. The van der Waals surface area contributed by atoms with Gasteiger partial charge in [0.1, 0.15) is 5.65 Å². The molecule has 2 aromatic carbocycles. The third-order valence-electron chi connectivity index (χ3n) is 7.71. The quantitative estimate of drug-likeness (QED) is 0.289. The molecular formula is C30H31BrN6O2. The molecule has 200 valence electrons. The van der Waals surface area contributed by atoms with E-state index in [9.17, 15) is 9.59 Å². The Balaban J connectivity index is 1.53. The predicted octanol–water partition coefficient (Wildman–Crippen LogP) is 5.23. The lowest BCUT2D eigenvalue weighted by Gasteiger charge is -2.35. The van der Waals surface area contributed by atoms with Crippen molar-refractivity contribution in [2.24, 2.45) is 13.0 Å². The molecule has 1 aliphatic heterocycles. The van der Waals surface area contributed by atoms with Crippen molar-refractivity contribution in [3.05, 3.63) is 91.7 Å². The molecule has 39 heavy (non-hydrogen) atoms. The van der Waals surface area contributed by atoms with E-state index in [1.807, 2.05) is 77.5 Å². The Hall–Kier alpha value is -3.72. The molecule has 1 unspecified atom stereocenters. The molecule has 1 aliphatic rings. The van der Waals surface area contributed by atoms with Crippen LogP contribution in [0.5, 0.6) is 0 Å². The lowest BCUT2D eigenvalue weighted by atomic mass is 9.97. The van der Waals surface area contributed by atoms with E-state index in [0.717, 1.165) is 50.1 Å². The molecule has 5 aromatic rings. The molecule has 0 bridgehead atoms. The van der Waals surface area contributed by atoms with Gasteiger partial charge >= 0.3 is 0 Å². The third kappa shape index (κ3) is 4.19. The van der Waals surface area contributed by atoms with Crippen LogP contribution >= 0.6 is 15.9 Å². The Bertz CT molecular complexity index is 1830. The van der Waals surface area contributed by atoms with Crippen LogP contribution in [0, 0.1) is 12.8 Å². The number of carbonyl (C=O) groups is 1. The molecule has 1 amide bonds. The number of halogens is 1. The molecule has 0 N–H and O–H groups in total. The van der Waals surface area contributed by atoms with Crippen molar-refractivity contribution >= 4 is 38.5 Å². The molecule has 0 spiro atoms. The van der Waals surface area contributed by atoms with Gasteiger partial charge in [-0.05, 0) is 74.6 Å². The van der Waals surface area contributed by atoms with Crippen molar-refractivity contribution < 1.29 is 4.79 Å². The summed E-state index contributed by atoms with van der Waals surface area (Å²) in [7, 11) is 1.96. The van der Waals surface area contributed by atoms with E-state index < -0.39 is 0 Å². The van der Waals surface area contributed by atoms with Gasteiger partial charge in [0.25, 0.3) is 11.5 Å².